The molecule has 56 heavy (non-hydrogen) atoms. The lowest BCUT2D eigenvalue weighted by Gasteiger charge is -2.77. The molecule has 1 heterocycles. The SMILES string of the molecule is CC1(C)CCC(C)(C)c2c(N(c3ccc(-c4ccccc4)cc3)c3ccc(-c4ccc5c(c4)Oc4ccccc4C54C5CC6CC7CC4C75C6)cc3)cccc21. The molecular formula is C54H51NO. The lowest BCUT2D eigenvalue weighted by Crippen LogP contribution is -2.74. The number of para-hydroxylation sites is 1. The van der Waals surface area contributed by atoms with Crippen LogP contribution in [0, 0.1) is 29.1 Å². The van der Waals surface area contributed by atoms with Crippen molar-refractivity contribution in [3.05, 3.63) is 162 Å². The molecule has 2 bridgehead atoms. The summed E-state index contributed by atoms with van der Waals surface area (Å²) < 4.78 is 6.86. The first-order valence-electron chi connectivity index (χ1n) is 21.3. The van der Waals surface area contributed by atoms with Crippen LogP contribution in [0.5, 0.6) is 11.5 Å². The molecule has 12 rings (SSSR count). The molecule has 0 amide bonds. The standard InChI is InChI=1S/C54H51NO/c1-51(2)27-28-52(3,4)50-44(51)14-10-15-45(50)55(40-22-17-36(18-23-40)35-11-6-5-7-12-35)41-24-19-37(20-25-41)38-21-26-43-47(31-38)56-46-16-9-8-13-42(46)54(43)48-30-34-29-39-32-49(54)53(39,48)33-34/h5-26,31,34,39,48-49H,27-30,32-33H2,1-4H3. The number of anilines is 3. The van der Waals surface area contributed by atoms with Crippen LogP contribution in [0.15, 0.2) is 140 Å². The van der Waals surface area contributed by atoms with E-state index >= 15 is 0 Å². The molecule has 4 fully saturated rings. The molecule has 6 atom stereocenters. The number of fused-ring (bicyclic) bond motifs is 8. The van der Waals surface area contributed by atoms with Crippen LogP contribution in [-0.2, 0) is 16.2 Å². The summed E-state index contributed by atoms with van der Waals surface area (Å²) in [5, 5.41) is 0. The third kappa shape index (κ3) is 4.23. The van der Waals surface area contributed by atoms with Crippen molar-refractivity contribution in [1.29, 1.82) is 0 Å². The Labute approximate surface area is 332 Å². The summed E-state index contributed by atoms with van der Waals surface area (Å²) in [5.74, 6) is 5.59. The zero-order chi connectivity index (χ0) is 37.6. The fourth-order valence-electron chi connectivity index (χ4n) is 13.8. The topological polar surface area (TPSA) is 12.5 Å². The Kier molecular flexibility index (Phi) is 6.67. The highest BCUT2D eigenvalue weighted by atomic mass is 16.5. The summed E-state index contributed by atoms with van der Waals surface area (Å²) in [6.07, 6.45) is 8.12. The Morgan fingerprint density at radius 3 is 1.88 bits per heavy atom. The number of benzene rings is 6. The fraction of sp³-hybridized carbons (Fsp3) is 0.333. The molecule has 2 heteroatoms. The second-order valence-corrected chi connectivity index (χ2v) is 19.6. The molecule has 6 aliphatic rings. The van der Waals surface area contributed by atoms with Crippen molar-refractivity contribution in [2.45, 2.75) is 82.5 Å². The van der Waals surface area contributed by atoms with Crippen LogP contribution < -0.4 is 9.64 Å². The van der Waals surface area contributed by atoms with E-state index in [-0.39, 0.29) is 16.2 Å². The van der Waals surface area contributed by atoms with Crippen LogP contribution in [-0.4, -0.2) is 0 Å². The smallest absolute Gasteiger partial charge is 0.132 e. The number of rotatable bonds is 5. The predicted octanol–water partition coefficient (Wildman–Crippen LogP) is 14.3. The maximum absolute atomic E-state index is 6.86. The molecule has 0 N–H and O–H groups in total. The summed E-state index contributed by atoms with van der Waals surface area (Å²) in [6, 6.07) is 52.4. The second-order valence-electron chi connectivity index (χ2n) is 19.6. The van der Waals surface area contributed by atoms with Crippen molar-refractivity contribution >= 4 is 17.1 Å². The van der Waals surface area contributed by atoms with E-state index in [1.165, 1.54) is 100 Å². The minimum atomic E-state index is 0.0568. The van der Waals surface area contributed by atoms with Crippen LogP contribution in [0.3, 0.4) is 0 Å². The second kappa shape index (κ2) is 11.3. The van der Waals surface area contributed by atoms with Gasteiger partial charge in [0, 0.05) is 27.9 Å². The van der Waals surface area contributed by atoms with E-state index in [1.807, 2.05) is 0 Å². The van der Waals surface area contributed by atoms with E-state index in [0.717, 1.165) is 35.2 Å². The zero-order valence-electron chi connectivity index (χ0n) is 33.2. The summed E-state index contributed by atoms with van der Waals surface area (Å²) >= 11 is 0. The first kappa shape index (κ1) is 33.1. The molecule has 6 aromatic carbocycles. The van der Waals surface area contributed by atoms with Gasteiger partial charge in [-0.2, -0.15) is 0 Å². The van der Waals surface area contributed by atoms with Crippen molar-refractivity contribution in [1.82, 2.24) is 0 Å². The summed E-state index contributed by atoms with van der Waals surface area (Å²) in [4.78, 5) is 2.50. The van der Waals surface area contributed by atoms with Gasteiger partial charge in [0.15, 0.2) is 0 Å². The minimum absolute atomic E-state index is 0.0568. The Balaban J connectivity index is 0.947. The number of nitrogens with zero attached hydrogens (tertiary/aromatic N) is 1. The Morgan fingerprint density at radius 2 is 1.12 bits per heavy atom. The van der Waals surface area contributed by atoms with Gasteiger partial charge < -0.3 is 9.64 Å². The van der Waals surface area contributed by atoms with E-state index < -0.39 is 0 Å². The molecule has 0 radical (unpaired) electrons. The van der Waals surface area contributed by atoms with Gasteiger partial charge in [-0.25, -0.2) is 0 Å². The van der Waals surface area contributed by atoms with Gasteiger partial charge in [0.25, 0.3) is 0 Å². The summed E-state index contributed by atoms with van der Waals surface area (Å²) in [5.41, 5.74) is 15.3. The van der Waals surface area contributed by atoms with Gasteiger partial charge in [-0.15, -0.1) is 0 Å². The van der Waals surface area contributed by atoms with Crippen molar-refractivity contribution in [3.8, 4) is 33.8 Å². The normalized spacial score (nSPS) is 28.9. The zero-order valence-corrected chi connectivity index (χ0v) is 33.2. The molecule has 6 unspecified atom stereocenters. The molecule has 4 saturated carbocycles. The Hall–Kier alpha value is -5.08. The van der Waals surface area contributed by atoms with Gasteiger partial charge in [-0.05, 0) is 154 Å². The van der Waals surface area contributed by atoms with Crippen LogP contribution in [0.4, 0.5) is 17.1 Å². The van der Waals surface area contributed by atoms with Crippen LogP contribution in [0.25, 0.3) is 22.3 Å². The third-order valence-electron chi connectivity index (χ3n) is 16.2. The first-order valence-corrected chi connectivity index (χ1v) is 21.3. The average Bonchev–Trinajstić information content (AvgIpc) is 3.76. The molecule has 0 saturated heterocycles. The van der Waals surface area contributed by atoms with E-state index in [4.69, 9.17) is 4.74 Å². The number of ether oxygens (including phenoxy) is 1. The van der Waals surface area contributed by atoms with Gasteiger partial charge in [0.05, 0.1) is 5.69 Å². The predicted molar refractivity (Wildman–Crippen MR) is 229 cm³/mol. The Morgan fingerprint density at radius 1 is 0.518 bits per heavy atom. The molecule has 2 spiro atoms. The van der Waals surface area contributed by atoms with E-state index in [2.05, 4.69) is 172 Å². The summed E-state index contributed by atoms with van der Waals surface area (Å²) in [6.45, 7) is 9.72. The van der Waals surface area contributed by atoms with Gasteiger partial charge in [-0.1, -0.05) is 125 Å². The highest BCUT2D eigenvalue weighted by molar-refractivity contribution is 5.83. The lowest BCUT2D eigenvalue weighted by atomic mass is 9.26. The van der Waals surface area contributed by atoms with E-state index in [9.17, 15) is 0 Å². The lowest BCUT2D eigenvalue weighted by molar-refractivity contribution is -0.235. The average molecular weight is 730 g/mol. The molecule has 5 aliphatic carbocycles. The van der Waals surface area contributed by atoms with Crippen molar-refractivity contribution < 1.29 is 4.74 Å². The van der Waals surface area contributed by atoms with Crippen molar-refractivity contribution in [3.63, 3.8) is 0 Å². The van der Waals surface area contributed by atoms with Crippen LogP contribution in [0.2, 0.25) is 0 Å². The first-order chi connectivity index (χ1) is 27.2. The molecule has 1 aliphatic heterocycles. The molecular weight excluding hydrogens is 679 g/mol. The minimum Gasteiger partial charge on any atom is -0.457 e. The number of hydrogen-bond donors (Lipinski definition) is 0. The molecule has 278 valence electrons. The van der Waals surface area contributed by atoms with Crippen molar-refractivity contribution in [2.24, 2.45) is 29.1 Å². The van der Waals surface area contributed by atoms with E-state index in [0.29, 0.717) is 5.41 Å². The van der Waals surface area contributed by atoms with Crippen LogP contribution in [0.1, 0.15) is 88.5 Å². The number of hydrogen-bond acceptors (Lipinski definition) is 2. The Bertz CT molecular complexity index is 2550. The third-order valence-corrected chi connectivity index (χ3v) is 16.2. The maximum Gasteiger partial charge on any atom is 0.132 e. The van der Waals surface area contributed by atoms with Gasteiger partial charge >= 0.3 is 0 Å². The van der Waals surface area contributed by atoms with Gasteiger partial charge in [0.1, 0.15) is 11.5 Å². The fourth-order valence-corrected chi connectivity index (χ4v) is 13.8. The highest BCUT2D eigenvalue weighted by Gasteiger charge is 2.84. The molecule has 6 aromatic rings. The molecule has 2 nitrogen and oxygen atoms in total. The summed E-state index contributed by atoms with van der Waals surface area (Å²) in [7, 11) is 0. The highest BCUT2D eigenvalue weighted by Crippen LogP contribution is 2.89. The van der Waals surface area contributed by atoms with Crippen LogP contribution >= 0.6 is 0 Å². The van der Waals surface area contributed by atoms with E-state index in [1.54, 1.807) is 0 Å². The monoisotopic (exact) mass is 729 g/mol. The molecule has 0 aromatic heterocycles. The largest absolute Gasteiger partial charge is 0.457 e. The van der Waals surface area contributed by atoms with Crippen molar-refractivity contribution in [2.75, 3.05) is 4.90 Å². The van der Waals surface area contributed by atoms with Gasteiger partial charge in [0.2, 0.25) is 0 Å². The maximum atomic E-state index is 6.86. The van der Waals surface area contributed by atoms with Gasteiger partial charge in [-0.3, -0.25) is 0 Å². The quantitative estimate of drug-likeness (QED) is 0.175.